The van der Waals surface area contributed by atoms with Crippen molar-refractivity contribution in [2.24, 2.45) is 0 Å². The Hall–Kier alpha value is -2.54. The van der Waals surface area contributed by atoms with Gasteiger partial charge in [-0.25, -0.2) is 9.78 Å². The van der Waals surface area contributed by atoms with Gasteiger partial charge >= 0.3 is 5.97 Å². The van der Waals surface area contributed by atoms with E-state index in [0.717, 1.165) is 11.4 Å². The molecular weight excluding hydrogens is 346 g/mol. The number of imidazole rings is 1. The SMILES string of the molecule is COC(=O)C1Cc2nc[nH]c2CN1C(=O)C(C)Oc1ccc(Cl)cc1. The standard InChI is InChI=1S/C17H18ClN3O4/c1-10(25-12-5-3-11(18)4-6-12)16(22)21-8-14-13(19-9-20-14)7-15(21)17(23)24-2/h3-6,9-10,15H,7-8H2,1-2H3,(H,19,20). The summed E-state index contributed by atoms with van der Waals surface area (Å²) in [6.07, 6.45) is 1.10. The van der Waals surface area contributed by atoms with Gasteiger partial charge in [0.25, 0.3) is 5.91 Å². The fourth-order valence-corrected chi connectivity index (χ4v) is 2.94. The number of esters is 1. The lowest BCUT2D eigenvalue weighted by Crippen LogP contribution is -2.52. The highest BCUT2D eigenvalue weighted by molar-refractivity contribution is 6.30. The molecule has 1 aromatic carbocycles. The van der Waals surface area contributed by atoms with Gasteiger partial charge < -0.3 is 19.4 Å². The Balaban J connectivity index is 1.78. The summed E-state index contributed by atoms with van der Waals surface area (Å²) in [5, 5.41) is 0.583. The monoisotopic (exact) mass is 363 g/mol. The number of ether oxygens (including phenoxy) is 2. The first kappa shape index (κ1) is 17.3. The summed E-state index contributed by atoms with van der Waals surface area (Å²) in [7, 11) is 1.30. The first-order chi connectivity index (χ1) is 12.0. The number of carbonyl (C=O) groups excluding carboxylic acids is 2. The maximum atomic E-state index is 12.9. The first-order valence-electron chi connectivity index (χ1n) is 7.81. The van der Waals surface area contributed by atoms with Crippen molar-refractivity contribution >= 4 is 23.5 Å². The number of benzene rings is 1. The molecule has 0 aliphatic carbocycles. The van der Waals surface area contributed by atoms with Crippen LogP contribution in [-0.4, -0.2) is 46.0 Å². The van der Waals surface area contributed by atoms with Gasteiger partial charge in [-0.15, -0.1) is 0 Å². The van der Waals surface area contributed by atoms with Crippen LogP contribution in [0.15, 0.2) is 30.6 Å². The third kappa shape index (κ3) is 3.61. The fraction of sp³-hybridized carbons (Fsp3) is 0.353. The van der Waals surface area contributed by atoms with Crippen LogP contribution in [0.25, 0.3) is 0 Å². The molecule has 1 aromatic heterocycles. The summed E-state index contributed by atoms with van der Waals surface area (Å²) >= 11 is 5.85. The largest absolute Gasteiger partial charge is 0.481 e. The van der Waals surface area contributed by atoms with Gasteiger partial charge in [-0.1, -0.05) is 11.6 Å². The molecule has 1 aliphatic rings. The maximum Gasteiger partial charge on any atom is 0.329 e. The Labute approximate surface area is 149 Å². The van der Waals surface area contributed by atoms with Crippen LogP contribution in [0, 0.1) is 0 Å². The molecule has 8 heteroatoms. The first-order valence-corrected chi connectivity index (χ1v) is 8.19. The predicted molar refractivity (Wildman–Crippen MR) is 90.2 cm³/mol. The van der Waals surface area contributed by atoms with Crippen molar-refractivity contribution in [3.63, 3.8) is 0 Å². The molecule has 1 aliphatic heterocycles. The van der Waals surface area contributed by atoms with Crippen molar-refractivity contribution in [2.45, 2.75) is 32.0 Å². The normalized spacial score (nSPS) is 17.6. The van der Waals surface area contributed by atoms with Crippen LogP contribution in [0.1, 0.15) is 18.3 Å². The van der Waals surface area contributed by atoms with E-state index in [1.54, 1.807) is 37.5 Å². The van der Waals surface area contributed by atoms with Gasteiger partial charge in [0.2, 0.25) is 0 Å². The summed E-state index contributed by atoms with van der Waals surface area (Å²) in [6, 6.07) is 6.02. The highest BCUT2D eigenvalue weighted by atomic mass is 35.5. The molecule has 7 nitrogen and oxygen atoms in total. The quantitative estimate of drug-likeness (QED) is 0.839. The lowest BCUT2D eigenvalue weighted by atomic mass is 10.0. The van der Waals surface area contributed by atoms with Crippen molar-refractivity contribution in [2.75, 3.05) is 7.11 Å². The van der Waals surface area contributed by atoms with Crippen molar-refractivity contribution in [3.05, 3.63) is 47.0 Å². The van der Waals surface area contributed by atoms with E-state index >= 15 is 0 Å². The molecule has 2 heterocycles. The second-order valence-corrected chi connectivity index (χ2v) is 6.19. The number of nitrogens with zero attached hydrogens (tertiary/aromatic N) is 2. The van der Waals surface area contributed by atoms with Crippen LogP contribution in [0.2, 0.25) is 5.02 Å². The summed E-state index contributed by atoms with van der Waals surface area (Å²) in [5.41, 5.74) is 1.58. The van der Waals surface area contributed by atoms with E-state index in [9.17, 15) is 9.59 Å². The minimum absolute atomic E-state index is 0.252. The van der Waals surface area contributed by atoms with Crippen molar-refractivity contribution < 1.29 is 19.1 Å². The molecule has 0 spiro atoms. The van der Waals surface area contributed by atoms with Crippen LogP contribution in [0.4, 0.5) is 0 Å². The second kappa shape index (κ2) is 7.14. The molecule has 3 rings (SSSR count). The molecule has 0 fully saturated rings. The summed E-state index contributed by atoms with van der Waals surface area (Å²) < 4.78 is 10.5. The Bertz CT molecular complexity index is 774. The maximum absolute atomic E-state index is 12.9. The molecule has 1 amide bonds. The summed E-state index contributed by atoms with van der Waals surface area (Å²) in [4.78, 5) is 33.6. The minimum Gasteiger partial charge on any atom is -0.481 e. The molecule has 1 N–H and O–H groups in total. The number of aromatic amines is 1. The van der Waals surface area contributed by atoms with E-state index in [1.165, 1.54) is 12.0 Å². The van der Waals surface area contributed by atoms with Crippen LogP contribution in [-0.2, 0) is 27.3 Å². The number of aromatic nitrogens is 2. The third-order valence-corrected chi connectivity index (χ3v) is 4.38. The number of fused-ring (bicyclic) bond motifs is 1. The van der Waals surface area contributed by atoms with Gasteiger partial charge in [0.15, 0.2) is 6.10 Å². The lowest BCUT2D eigenvalue weighted by molar-refractivity contribution is -0.156. The molecule has 0 bridgehead atoms. The molecular formula is C17H18ClN3O4. The molecule has 0 saturated heterocycles. The zero-order valence-corrected chi connectivity index (χ0v) is 14.6. The van der Waals surface area contributed by atoms with E-state index in [2.05, 4.69) is 9.97 Å². The third-order valence-electron chi connectivity index (χ3n) is 4.13. The smallest absolute Gasteiger partial charge is 0.329 e. The Morgan fingerprint density at radius 2 is 2.08 bits per heavy atom. The van der Waals surface area contributed by atoms with Gasteiger partial charge in [0, 0.05) is 11.4 Å². The van der Waals surface area contributed by atoms with Gasteiger partial charge in [-0.2, -0.15) is 0 Å². The highest BCUT2D eigenvalue weighted by Gasteiger charge is 2.38. The molecule has 0 saturated carbocycles. The van der Waals surface area contributed by atoms with E-state index in [-0.39, 0.29) is 12.5 Å². The van der Waals surface area contributed by atoms with Crippen LogP contribution < -0.4 is 4.74 Å². The summed E-state index contributed by atoms with van der Waals surface area (Å²) in [5.74, 6) is -0.245. The number of rotatable bonds is 4. The molecule has 132 valence electrons. The topological polar surface area (TPSA) is 84.5 Å². The van der Waals surface area contributed by atoms with Gasteiger partial charge in [-0.3, -0.25) is 4.79 Å². The number of H-pyrrole nitrogens is 1. The van der Waals surface area contributed by atoms with Crippen LogP contribution >= 0.6 is 11.6 Å². The molecule has 25 heavy (non-hydrogen) atoms. The van der Waals surface area contributed by atoms with Crippen molar-refractivity contribution in [3.8, 4) is 5.75 Å². The number of amides is 1. The van der Waals surface area contributed by atoms with Crippen molar-refractivity contribution in [1.82, 2.24) is 14.9 Å². The average Bonchev–Trinajstić information content (AvgIpc) is 3.08. The van der Waals surface area contributed by atoms with E-state index in [0.29, 0.717) is 17.2 Å². The Kier molecular flexibility index (Phi) is 4.94. The zero-order chi connectivity index (χ0) is 18.0. The Morgan fingerprint density at radius 1 is 1.36 bits per heavy atom. The number of methoxy groups -OCH3 is 1. The number of halogens is 1. The molecule has 2 unspecified atom stereocenters. The molecule has 2 aromatic rings. The van der Waals surface area contributed by atoms with Gasteiger partial charge in [0.05, 0.1) is 31.4 Å². The van der Waals surface area contributed by atoms with E-state index in [4.69, 9.17) is 21.1 Å². The number of nitrogens with one attached hydrogen (secondary N) is 1. The highest BCUT2D eigenvalue weighted by Crippen LogP contribution is 2.24. The average molecular weight is 364 g/mol. The van der Waals surface area contributed by atoms with Gasteiger partial charge in [0.1, 0.15) is 11.8 Å². The number of carbonyl (C=O) groups is 2. The van der Waals surface area contributed by atoms with Crippen LogP contribution in [0.5, 0.6) is 5.75 Å². The minimum atomic E-state index is -0.766. The lowest BCUT2D eigenvalue weighted by Gasteiger charge is -2.34. The molecule has 0 radical (unpaired) electrons. The van der Waals surface area contributed by atoms with Crippen molar-refractivity contribution in [1.29, 1.82) is 0 Å². The molecule has 2 atom stereocenters. The van der Waals surface area contributed by atoms with Crippen LogP contribution in [0.3, 0.4) is 0 Å². The van der Waals surface area contributed by atoms with E-state index in [1.807, 2.05) is 0 Å². The van der Waals surface area contributed by atoms with Gasteiger partial charge in [-0.05, 0) is 31.2 Å². The predicted octanol–water partition coefficient (Wildman–Crippen LogP) is 1.96. The number of hydrogen-bond donors (Lipinski definition) is 1. The van der Waals surface area contributed by atoms with E-state index < -0.39 is 18.1 Å². The second-order valence-electron chi connectivity index (χ2n) is 5.75. The zero-order valence-electron chi connectivity index (χ0n) is 13.9. The number of hydrogen-bond acceptors (Lipinski definition) is 5. The fourth-order valence-electron chi connectivity index (χ4n) is 2.82. The summed E-state index contributed by atoms with van der Waals surface area (Å²) in [6.45, 7) is 1.90. The Morgan fingerprint density at radius 3 is 2.76 bits per heavy atom.